The molecule has 0 aliphatic rings. The summed E-state index contributed by atoms with van der Waals surface area (Å²) in [4.78, 5) is 4.55. The maximum absolute atomic E-state index is 5.78. The normalized spacial score (nSPS) is 11.4. The highest BCUT2D eigenvalue weighted by Crippen LogP contribution is 2.27. The average Bonchev–Trinajstić information content (AvgIpc) is 2.65. The molecule has 156 valence electrons. The maximum atomic E-state index is 5.78. The van der Waals surface area contributed by atoms with Crippen molar-refractivity contribution in [2.75, 3.05) is 47.6 Å². The molecule has 27 heavy (non-hydrogen) atoms. The predicted octanol–water partition coefficient (Wildman–Crippen LogP) is 3.07. The Labute approximate surface area is 180 Å². The predicted molar refractivity (Wildman–Crippen MR) is 120 cm³/mol. The second kappa shape index (κ2) is 13.7. The molecule has 7 nitrogen and oxygen atoms in total. The topological polar surface area (TPSA) is 73.3 Å². The van der Waals surface area contributed by atoms with Crippen LogP contribution in [-0.2, 0) is 4.74 Å². The molecule has 0 heterocycles. The third kappa shape index (κ3) is 10.5. The molecule has 0 saturated heterocycles. The van der Waals surface area contributed by atoms with Crippen LogP contribution < -0.4 is 24.8 Å². The molecule has 0 saturated carbocycles. The molecule has 0 fully saturated rings. The number of methoxy groups -OCH3 is 3. The van der Waals surface area contributed by atoms with Crippen molar-refractivity contribution in [2.24, 2.45) is 4.99 Å². The van der Waals surface area contributed by atoms with Gasteiger partial charge in [0.1, 0.15) is 17.2 Å². The Balaban J connectivity index is 0.00000676. The zero-order chi connectivity index (χ0) is 19.4. The van der Waals surface area contributed by atoms with E-state index in [0.717, 1.165) is 31.2 Å². The van der Waals surface area contributed by atoms with Crippen LogP contribution in [0.5, 0.6) is 17.2 Å². The number of hydrogen-bond donors (Lipinski definition) is 2. The Morgan fingerprint density at radius 1 is 1.00 bits per heavy atom. The van der Waals surface area contributed by atoms with Crippen molar-refractivity contribution in [3.63, 3.8) is 0 Å². The van der Waals surface area contributed by atoms with Crippen LogP contribution in [0.4, 0.5) is 0 Å². The Hall–Kier alpha value is -1.42. The lowest BCUT2D eigenvalue weighted by Crippen LogP contribution is -2.39. The van der Waals surface area contributed by atoms with Crippen molar-refractivity contribution in [1.29, 1.82) is 0 Å². The smallest absolute Gasteiger partial charge is 0.191 e. The first-order valence-electron chi connectivity index (χ1n) is 8.87. The summed E-state index contributed by atoms with van der Waals surface area (Å²) in [6.07, 6.45) is 0.831. The van der Waals surface area contributed by atoms with Gasteiger partial charge in [0, 0.05) is 38.4 Å². The second-order valence-electron chi connectivity index (χ2n) is 6.34. The van der Waals surface area contributed by atoms with Gasteiger partial charge in [0.25, 0.3) is 0 Å². The molecule has 1 aromatic rings. The van der Waals surface area contributed by atoms with Gasteiger partial charge in [0.15, 0.2) is 5.96 Å². The number of ether oxygens (including phenoxy) is 4. The summed E-state index contributed by atoms with van der Waals surface area (Å²) in [7, 11) is 4.94. The molecule has 1 rings (SSSR count). The van der Waals surface area contributed by atoms with E-state index < -0.39 is 0 Å². The minimum Gasteiger partial charge on any atom is -0.496 e. The van der Waals surface area contributed by atoms with Gasteiger partial charge in [-0.2, -0.15) is 0 Å². The molecule has 0 unspecified atom stereocenters. The van der Waals surface area contributed by atoms with E-state index in [9.17, 15) is 0 Å². The maximum Gasteiger partial charge on any atom is 0.191 e. The van der Waals surface area contributed by atoms with Gasteiger partial charge < -0.3 is 29.6 Å². The zero-order valence-electron chi connectivity index (χ0n) is 17.3. The fourth-order valence-electron chi connectivity index (χ4n) is 2.01. The SMILES string of the molecule is CCNC(=NCC(C)(C)OC)NCCCOc1cc(OC)cc(OC)c1.I. The third-order valence-corrected chi connectivity index (χ3v) is 3.72. The third-order valence-electron chi connectivity index (χ3n) is 3.72. The van der Waals surface area contributed by atoms with Crippen LogP contribution in [0.3, 0.4) is 0 Å². The fraction of sp³-hybridized carbons (Fsp3) is 0.632. The highest BCUT2D eigenvalue weighted by atomic mass is 127. The lowest BCUT2D eigenvalue weighted by atomic mass is 10.1. The minimum atomic E-state index is -0.281. The van der Waals surface area contributed by atoms with Crippen LogP contribution in [0.2, 0.25) is 0 Å². The van der Waals surface area contributed by atoms with Crippen LogP contribution in [0.15, 0.2) is 23.2 Å². The van der Waals surface area contributed by atoms with E-state index in [0.29, 0.717) is 24.7 Å². The van der Waals surface area contributed by atoms with Gasteiger partial charge in [0.05, 0.1) is 33.0 Å². The molecule has 0 aromatic heterocycles. The summed E-state index contributed by atoms with van der Waals surface area (Å²) >= 11 is 0. The van der Waals surface area contributed by atoms with Gasteiger partial charge in [-0.3, -0.25) is 4.99 Å². The van der Waals surface area contributed by atoms with Crippen molar-refractivity contribution in [2.45, 2.75) is 32.8 Å². The highest BCUT2D eigenvalue weighted by Gasteiger charge is 2.15. The molecular weight excluding hydrogens is 461 g/mol. The van der Waals surface area contributed by atoms with Crippen molar-refractivity contribution in [3.8, 4) is 17.2 Å². The van der Waals surface area contributed by atoms with Gasteiger partial charge in [-0.25, -0.2) is 0 Å². The van der Waals surface area contributed by atoms with Gasteiger partial charge in [0.2, 0.25) is 0 Å². The number of hydrogen-bond acceptors (Lipinski definition) is 5. The first-order valence-corrected chi connectivity index (χ1v) is 8.87. The second-order valence-corrected chi connectivity index (χ2v) is 6.34. The summed E-state index contributed by atoms with van der Waals surface area (Å²) in [6.45, 7) is 8.77. The molecular formula is C19H34IN3O4. The summed E-state index contributed by atoms with van der Waals surface area (Å²) in [5.41, 5.74) is -0.281. The summed E-state index contributed by atoms with van der Waals surface area (Å²) in [5, 5.41) is 6.53. The number of rotatable bonds is 11. The van der Waals surface area contributed by atoms with Crippen molar-refractivity contribution in [1.82, 2.24) is 10.6 Å². The molecule has 1 aromatic carbocycles. The van der Waals surface area contributed by atoms with Gasteiger partial charge >= 0.3 is 0 Å². The summed E-state index contributed by atoms with van der Waals surface area (Å²) < 4.78 is 21.7. The molecule has 0 aliphatic carbocycles. The van der Waals surface area contributed by atoms with Gasteiger partial charge in [-0.15, -0.1) is 24.0 Å². The zero-order valence-corrected chi connectivity index (χ0v) is 19.6. The Morgan fingerprint density at radius 3 is 2.11 bits per heavy atom. The van der Waals surface area contributed by atoms with E-state index in [2.05, 4.69) is 15.6 Å². The molecule has 0 spiro atoms. The van der Waals surface area contributed by atoms with E-state index >= 15 is 0 Å². The molecule has 0 radical (unpaired) electrons. The van der Waals surface area contributed by atoms with E-state index in [1.54, 1.807) is 21.3 Å². The molecule has 0 aliphatic heterocycles. The molecule has 0 atom stereocenters. The first-order chi connectivity index (χ1) is 12.4. The van der Waals surface area contributed by atoms with Crippen molar-refractivity contribution < 1.29 is 18.9 Å². The molecule has 0 amide bonds. The number of aliphatic imine (C=N–C) groups is 1. The van der Waals surface area contributed by atoms with Crippen LogP contribution in [0.25, 0.3) is 0 Å². The van der Waals surface area contributed by atoms with Crippen LogP contribution in [0.1, 0.15) is 27.2 Å². The Bertz CT molecular complexity index is 546. The van der Waals surface area contributed by atoms with Crippen molar-refractivity contribution in [3.05, 3.63) is 18.2 Å². The van der Waals surface area contributed by atoms with Crippen LogP contribution in [0, 0.1) is 0 Å². The molecule has 2 N–H and O–H groups in total. The Kier molecular flexibility index (Phi) is 13.0. The van der Waals surface area contributed by atoms with E-state index in [1.807, 2.05) is 39.0 Å². The van der Waals surface area contributed by atoms with Crippen molar-refractivity contribution >= 4 is 29.9 Å². The number of guanidine groups is 1. The number of nitrogens with one attached hydrogen (secondary N) is 2. The molecule has 0 bridgehead atoms. The van der Waals surface area contributed by atoms with E-state index in [-0.39, 0.29) is 29.6 Å². The summed E-state index contributed by atoms with van der Waals surface area (Å²) in [5.74, 6) is 2.92. The standard InChI is InChI=1S/C19H33N3O4.HI/c1-7-20-18(22-14-19(2,3)25-6)21-9-8-10-26-17-12-15(23-4)11-16(13-17)24-5;/h11-13H,7-10,14H2,1-6H3,(H2,20,21,22);1H. The van der Waals surface area contributed by atoms with Gasteiger partial charge in [-0.05, 0) is 27.2 Å². The van der Waals surface area contributed by atoms with E-state index in [1.165, 1.54) is 0 Å². The number of nitrogens with zero attached hydrogens (tertiary/aromatic N) is 1. The molecule has 8 heteroatoms. The lowest BCUT2D eigenvalue weighted by Gasteiger charge is -2.21. The minimum absolute atomic E-state index is 0. The number of halogens is 1. The van der Waals surface area contributed by atoms with Crippen LogP contribution >= 0.6 is 24.0 Å². The fourth-order valence-corrected chi connectivity index (χ4v) is 2.01. The van der Waals surface area contributed by atoms with E-state index in [4.69, 9.17) is 18.9 Å². The van der Waals surface area contributed by atoms with Gasteiger partial charge in [-0.1, -0.05) is 0 Å². The lowest BCUT2D eigenvalue weighted by molar-refractivity contribution is 0.0310. The average molecular weight is 495 g/mol. The highest BCUT2D eigenvalue weighted by molar-refractivity contribution is 14.0. The monoisotopic (exact) mass is 495 g/mol. The number of benzene rings is 1. The summed E-state index contributed by atoms with van der Waals surface area (Å²) in [6, 6.07) is 5.50. The Morgan fingerprint density at radius 2 is 1.59 bits per heavy atom. The largest absolute Gasteiger partial charge is 0.496 e. The van der Waals surface area contributed by atoms with Crippen LogP contribution in [-0.4, -0.2) is 59.1 Å². The quantitative estimate of drug-likeness (QED) is 0.213. The first kappa shape index (κ1) is 25.6.